The average Bonchev–Trinajstić information content (AvgIpc) is 2.40. The fourth-order valence-electron chi connectivity index (χ4n) is 2.87. The van der Waals surface area contributed by atoms with Crippen molar-refractivity contribution in [2.24, 2.45) is 5.92 Å². The van der Waals surface area contributed by atoms with Gasteiger partial charge >= 0.3 is 0 Å². The van der Waals surface area contributed by atoms with Crippen LogP contribution < -0.4 is 5.73 Å². The van der Waals surface area contributed by atoms with Crippen molar-refractivity contribution < 1.29 is 5.11 Å². The molecule has 1 fully saturated rings. The Morgan fingerprint density at radius 3 is 2.67 bits per heavy atom. The largest absolute Gasteiger partial charge is 0.505 e. The van der Waals surface area contributed by atoms with Crippen LogP contribution in [0.1, 0.15) is 50.5 Å². The first-order chi connectivity index (χ1) is 8.68. The molecule has 0 aliphatic heterocycles. The van der Waals surface area contributed by atoms with E-state index in [2.05, 4.69) is 15.9 Å². The minimum absolute atomic E-state index is 0.185. The minimum Gasteiger partial charge on any atom is -0.505 e. The van der Waals surface area contributed by atoms with Gasteiger partial charge in [-0.2, -0.15) is 0 Å². The summed E-state index contributed by atoms with van der Waals surface area (Å²) in [4.78, 5) is 0. The Morgan fingerprint density at radius 2 is 1.94 bits per heavy atom. The lowest BCUT2D eigenvalue weighted by Gasteiger charge is -2.21. The zero-order valence-electron chi connectivity index (χ0n) is 10.8. The van der Waals surface area contributed by atoms with Crippen molar-refractivity contribution in [1.82, 2.24) is 0 Å². The SMILES string of the molecule is Nc1ccc(CCCC2CCCCC2)c(Br)c1O. The van der Waals surface area contributed by atoms with E-state index in [0.717, 1.165) is 22.4 Å². The van der Waals surface area contributed by atoms with E-state index in [1.54, 1.807) is 6.07 Å². The van der Waals surface area contributed by atoms with Gasteiger partial charge in [-0.15, -0.1) is 0 Å². The molecule has 1 aromatic carbocycles. The van der Waals surface area contributed by atoms with E-state index in [0.29, 0.717) is 5.69 Å². The van der Waals surface area contributed by atoms with E-state index >= 15 is 0 Å². The second-order valence-electron chi connectivity index (χ2n) is 5.37. The first kappa shape index (κ1) is 13.7. The van der Waals surface area contributed by atoms with Crippen LogP contribution in [0.25, 0.3) is 0 Å². The number of rotatable bonds is 4. The van der Waals surface area contributed by atoms with Crippen molar-refractivity contribution in [3.05, 3.63) is 22.2 Å². The third-order valence-corrected chi connectivity index (χ3v) is 4.90. The lowest BCUT2D eigenvalue weighted by Crippen LogP contribution is -2.06. The fourth-order valence-corrected chi connectivity index (χ4v) is 3.43. The van der Waals surface area contributed by atoms with Crippen molar-refractivity contribution >= 4 is 21.6 Å². The Balaban J connectivity index is 1.84. The first-order valence-corrected chi connectivity index (χ1v) is 7.73. The van der Waals surface area contributed by atoms with Crippen LogP contribution in [0.15, 0.2) is 16.6 Å². The van der Waals surface area contributed by atoms with E-state index < -0.39 is 0 Å². The number of aromatic hydroxyl groups is 1. The number of benzene rings is 1. The Kier molecular flexibility index (Phi) is 4.93. The van der Waals surface area contributed by atoms with Crippen LogP contribution in [0.4, 0.5) is 5.69 Å². The standard InChI is InChI=1S/C15H22BrNO/c16-14-12(9-10-13(17)15(14)18)8-4-7-11-5-2-1-3-6-11/h9-11,18H,1-8,17H2. The Bertz CT molecular complexity index is 400. The normalized spacial score (nSPS) is 16.9. The second kappa shape index (κ2) is 6.46. The number of hydrogen-bond donors (Lipinski definition) is 2. The van der Waals surface area contributed by atoms with Crippen LogP contribution in [0, 0.1) is 5.92 Å². The van der Waals surface area contributed by atoms with Crippen LogP contribution in [-0.2, 0) is 6.42 Å². The van der Waals surface area contributed by atoms with Gasteiger partial charge in [-0.05, 0) is 46.3 Å². The van der Waals surface area contributed by atoms with Gasteiger partial charge in [0, 0.05) is 0 Å². The molecule has 0 bridgehead atoms. The Morgan fingerprint density at radius 1 is 1.22 bits per heavy atom. The quantitative estimate of drug-likeness (QED) is 0.628. The molecule has 0 saturated heterocycles. The summed E-state index contributed by atoms with van der Waals surface area (Å²) in [5.41, 5.74) is 7.26. The third kappa shape index (κ3) is 3.41. The number of aryl methyl sites for hydroxylation is 1. The minimum atomic E-state index is 0.185. The Hall–Kier alpha value is -0.700. The fraction of sp³-hybridized carbons (Fsp3) is 0.600. The number of nitrogen functional groups attached to an aromatic ring is 1. The number of halogens is 1. The van der Waals surface area contributed by atoms with E-state index in [1.165, 1.54) is 44.9 Å². The molecule has 1 aromatic rings. The molecule has 0 atom stereocenters. The van der Waals surface area contributed by atoms with E-state index in [1.807, 2.05) is 6.07 Å². The van der Waals surface area contributed by atoms with Gasteiger partial charge in [0.25, 0.3) is 0 Å². The highest BCUT2D eigenvalue weighted by molar-refractivity contribution is 9.10. The maximum atomic E-state index is 9.76. The number of phenolic OH excluding ortho intramolecular Hbond substituents is 1. The van der Waals surface area contributed by atoms with Crippen molar-refractivity contribution in [2.75, 3.05) is 5.73 Å². The molecular weight excluding hydrogens is 290 g/mol. The summed E-state index contributed by atoms with van der Waals surface area (Å²) in [6, 6.07) is 3.80. The molecule has 0 radical (unpaired) electrons. The van der Waals surface area contributed by atoms with Crippen LogP contribution in [0.3, 0.4) is 0 Å². The zero-order valence-corrected chi connectivity index (χ0v) is 12.4. The number of nitrogens with two attached hydrogens (primary N) is 1. The molecule has 0 aromatic heterocycles. The van der Waals surface area contributed by atoms with Crippen molar-refractivity contribution in [2.45, 2.75) is 51.4 Å². The van der Waals surface area contributed by atoms with Gasteiger partial charge in [-0.25, -0.2) is 0 Å². The highest BCUT2D eigenvalue weighted by Gasteiger charge is 2.14. The molecule has 2 rings (SSSR count). The summed E-state index contributed by atoms with van der Waals surface area (Å²) in [5, 5.41) is 9.76. The summed E-state index contributed by atoms with van der Waals surface area (Å²) in [6.07, 6.45) is 10.6. The molecule has 3 heteroatoms. The van der Waals surface area contributed by atoms with Crippen LogP contribution in [0.2, 0.25) is 0 Å². The lowest BCUT2D eigenvalue weighted by atomic mass is 9.85. The third-order valence-electron chi connectivity index (χ3n) is 4.01. The molecule has 0 spiro atoms. The predicted molar refractivity (Wildman–Crippen MR) is 79.7 cm³/mol. The summed E-state index contributed by atoms with van der Waals surface area (Å²) in [5.74, 6) is 1.12. The molecule has 100 valence electrons. The van der Waals surface area contributed by atoms with Crippen LogP contribution in [0.5, 0.6) is 5.75 Å². The maximum absolute atomic E-state index is 9.76. The van der Waals surface area contributed by atoms with E-state index in [9.17, 15) is 5.11 Å². The molecule has 0 amide bonds. The van der Waals surface area contributed by atoms with E-state index in [-0.39, 0.29) is 5.75 Å². The molecule has 1 aliphatic rings. The molecule has 0 heterocycles. The maximum Gasteiger partial charge on any atom is 0.152 e. The highest BCUT2D eigenvalue weighted by Crippen LogP contribution is 2.34. The number of hydrogen-bond acceptors (Lipinski definition) is 2. The predicted octanol–water partition coefficient (Wildman–Crippen LogP) is 4.64. The Labute approximate surface area is 118 Å². The topological polar surface area (TPSA) is 46.2 Å². The smallest absolute Gasteiger partial charge is 0.152 e. The number of anilines is 1. The van der Waals surface area contributed by atoms with E-state index in [4.69, 9.17) is 5.73 Å². The molecule has 0 unspecified atom stereocenters. The van der Waals surface area contributed by atoms with Gasteiger partial charge in [-0.3, -0.25) is 0 Å². The molecule has 18 heavy (non-hydrogen) atoms. The highest BCUT2D eigenvalue weighted by atomic mass is 79.9. The van der Waals surface area contributed by atoms with Gasteiger partial charge in [0.2, 0.25) is 0 Å². The first-order valence-electron chi connectivity index (χ1n) is 6.94. The van der Waals surface area contributed by atoms with Crippen LogP contribution >= 0.6 is 15.9 Å². The molecule has 2 nitrogen and oxygen atoms in total. The second-order valence-corrected chi connectivity index (χ2v) is 6.17. The van der Waals surface area contributed by atoms with Gasteiger partial charge in [0.05, 0.1) is 10.2 Å². The van der Waals surface area contributed by atoms with Crippen molar-refractivity contribution in [3.8, 4) is 5.75 Å². The van der Waals surface area contributed by atoms with Crippen LogP contribution in [-0.4, -0.2) is 5.11 Å². The van der Waals surface area contributed by atoms with Gasteiger partial charge < -0.3 is 10.8 Å². The van der Waals surface area contributed by atoms with Crippen molar-refractivity contribution in [3.63, 3.8) is 0 Å². The van der Waals surface area contributed by atoms with Gasteiger partial charge in [-0.1, -0.05) is 44.6 Å². The summed E-state index contributed by atoms with van der Waals surface area (Å²) in [6.45, 7) is 0. The summed E-state index contributed by atoms with van der Waals surface area (Å²) >= 11 is 3.43. The summed E-state index contributed by atoms with van der Waals surface area (Å²) in [7, 11) is 0. The summed E-state index contributed by atoms with van der Waals surface area (Å²) < 4.78 is 0.770. The monoisotopic (exact) mass is 311 g/mol. The number of phenols is 1. The van der Waals surface area contributed by atoms with Crippen molar-refractivity contribution in [1.29, 1.82) is 0 Å². The lowest BCUT2D eigenvalue weighted by molar-refractivity contribution is 0.332. The molecular formula is C15H22BrNO. The zero-order chi connectivity index (χ0) is 13.0. The molecule has 1 saturated carbocycles. The van der Waals surface area contributed by atoms with Gasteiger partial charge in [0.1, 0.15) is 0 Å². The molecule has 1 aliphatic carbocycles. The molecule has 3 N–H and O–H groups in total. The van der Waals surface area contributed by atoms with Gasteiger partial charge in [0.15, 0.2) is 5.75 Å². The average molecular weight is 312 g/mol.